The highest BCUT2D eigenvalue weighted by Crippen LogP contribution is 2.47. The molecule has 0 aliphatic heterocycles. The second-order valence-corrected chi connectivity index (χ2v) is 37.8. The topological polar surface area (TPSA) is 49.1 Å². The Balaban J connectivity index is 0.000000116. The van der Waals surface area contributed by atoms with Gasteiger partial charge >= 0.3 is 0 Å². The summed E-state index contributed by atoms with van der Waals surface area (Å²) in [6.07, 6.45) is 0. The van der Waals surface area contributed by atoms with Gasteiger partial charge in [0, 0.05) is 102 Å². The number of fused-ring (bicyclic) bond motifs is 9. The third-order valence-electron chi connectivity index (χ3n) is 28.5. The molecule has 27 aromatic rings. The van der Waals surface area contributed by atoms with E-state index in [2.05, 4.69) is 579 Å². The first-order chi connectivity index (χ1) is 74.3. The van der Waals surface area contributed by atoms with Crippen molar-refractivity contribution in [1.82, 2.24) is 0 Å². The van der Waals surface area contributed by atoms with Crippen LogP contribution in [0.25, 0.3) is 199 Å². The van der Waals surface area contributed by atoms with Crippen molar-refractivity contribution in [3.8, 4) is 134 Å². The predicted octanol–water partition coefficient (Wildman–Crippen LogP) is 41.2. The van der Waals surface area contributed by atoms with Crippen LogP contribution < -0.4 is 14.7 Å². The summed E-state index contributed by atoms with van der Waals surface area (Å²) < 4.78 is 19.0. The zero-order valence-corrected chi connectivity index (χ0v) is 82.2. The van der Waals surface area contributed by atoms with Gasteiger partial charge in [-0.3, -0.25) is 0 Å². The smallest absolute Gasteiger partial charge is 0.137 e. The Labute approximate surface area is 872 Å². The summed E-state index contributed by atoms with van der Waals surface area (Å²) in [4.78, 5) is 6.94. The average molecular weight is 1920 g/mol. The third-order valence-corrected chi connectivity index (χ3v) is 28.5. The quantitative estimate of drug-likeness (QED) is 0.0715. The van der Waals surface area contributed by atoms with E-state index in [4.69, 9.17) is 13.3 Å². The second kappa shape index (κ2) is 41.4. The molecule has 0 unspecified atom stereocenters. The van der Waals surface area contributed by atoms with Crippen LogP contribution in [0.4, 0.5) is 51.2 Å². The Bertz CT molecular complexity index is 9430. The van der Waals surface area contributed by atoms with Crippen LogP contribution in [0, 0.1) is 0 Å². The molecule has 3 heterocycles. The lowest BCUT2D eigenvalue weighted by molar-refractivity contribution is 0.668. The fraction of sp³-hybridized carbons (Fsp3) is 0. The summed E-state index contributed by atoms with van der Waals surface area (Å²) in [5.41, 5.74) is 43.5. The van der Waals surface area contributed by atoms with Gasteiger partial charge in [-0.15, -0.1) is 0 Å². The zero-order valence-electron chi connectivity index (χ0n) is 82.2. The van der Waals surface area contributed by atoms with E-state index < -0.39 is 0 Å². The lowest BCUT2D eigenvalue weighted by Gasteiger charge is -2.26. The van der Waals surface area contributed by atoms with Crippen molar-refractivity contribution >= 4 is 117 Å². The molecule has 27 rings (SSSR count). The van der Waals surface area contributed by atoms with Crippen LogP contribution in [0.2, 0.25) is 0 Å². The summed E-state index contributed by atoms with van der Waals surface area (Å²) >= 11 is 0. The van der Waals surface area contributed by atoms with Crippen LogP contribution >= 0.6 is 0 Å². The fourth-order valence-electron chi connectivity index (χ4n) is 20.7. The number of nitrogens with zero attached hydrogens (tertiary/aromatic N) is 3. The first kappa shape index (κ1) is 91.3. The van der Waals surface area contributed by atoms with Crippen molar-refractivity contribution in [2.75, 3.05) is 14.7 Å². The zero-order chi connectivity index (χ0) is 99.8. The molecule has 0 amide bonds. The molecule has 6 nitrogen and oxygen atoms in total. The number of hydrogen-bond donors (Lipinski definition) is 0. The Morgan fingerprint density at radius 2 is 0.233 bits per heavy atom. The first-order valence-electron chi connectivity index (χ1n) is 51.0. The molecule has 24 aromatic carbocycles. The van der Waals surface area contributed by atoms with Crippen molar-refractivity contribution in [1.29, 1.82) is 0 Å². The number of para-hydroxylation sites is 3. The number of furan rings is 3. The summed E-state index contributed by atoms with van der Waals surface area (Å²) in [6, 6.07) is 213. The number of anilines is 9. The first-order valence-corrected chi connectivity index (χ1v) is 51.0. The molecular weight excluding hydrogens is 1820 g/mol. The molecule has 0 aliphatic carbocycles. The Hall–Kier alpha value is -19.9. The number of hydrogen-bond acceptors (Lipinski definition) is 6. The monoisotopic (exact) mass is 1920 g/mol. The van der Waals surface area contributed by atoms with Crippen molar-refractivity contribution in [2.24, 2.45) is 0 Å². The summed E-state index contributed by atoms with van der Waals surface area (Å²) in [6.45, 7) is 0. The SMILES string of the molecule is c1ccc(-c2ccc(-c3ccc(N(c4ccc(-c5cccc(-c6ccccc6)c5)cc4)c4ccc5c(c4)oc4ccccc45)cc3)cc2)cc1.c1ccc(-c2ccc(-c3cccc(-c4ccc(N(c5ccc(-c6ccccc6)cc5)c5ccc6c(c5)oc5ccccc56)cc4)c3)cc2)cc1.c1ccc(-c2ccc(-c3cccc(N(c4cccc(-c5cccc(-c6ccccc6)c5)c4)c4ccc5c(c4)oc4ccccc45)c3)cc2)cc1. The minimum absolute atomic E-state index is 0.869. The van der Waals surface area contributed by atoms with Gasteiger partial charge in [0.1, 0.15) is 33.5 Å². The van der Waals surface area contributed by atoms with Crippen molar-refractivity contribution in [2.45, 2.75) is 0 Å². The maximum absolute atomic E-state index is 6.38. The van der Waals surface area contributed by atoms with Crippen LogP contribution in [-0.4, -0.2) is 0 Å². The van der Waals surface area contributed by atoms with Crippen molar-refractivity contribution < 1.29 is 13.3 Å². The van der Waals surface area contributed by atoms with Gasteiger partial charge < -0.3 is 28.0 Å². The highest BCUT2D eigenvalue weighted by atomic mass is 16.3. The van der Waals surface area contributed by atoms with E-state index in [1.165, 1.54) is 122 Å². The minimum Gasteiger partial charge on any atom is -0.456 e. The van der Waals surface area contributed by atoms with Crippen LogP contribution in [0.3, 0.4) is 0 Å². The van der Waals surface area contributed by atoms with E-state index >= 15 is 0 Å². The fourth-order valence-corrected chi connectivity index (χ4v) is 20.7. The Morgan fingerprint density at radius 3 is 0.480 bits per heavy atom. The van der Waals surface area contributed by atoms with E-state index in [-0.39, 0.29) is 0 Å². The predicted molar refractivity (Wildman–Crippen MR) is 630 cm³/mol. The maximum Gasteiger partial charge on any atom is 0.137 e. The molecule has 3 aromatic heterocycles. The highest BCUT2D eigenvalue weighted by Gasteiger charge is 2.23. The third kappa shape index (κ3) is 19.2. The van der Waals surface area contributed by atoms with Gasteiger partial charge in [0.05, 0.1) is 0 Å². The number of rotatable bonds is 21. The van der Waals surface area contributed by atoms with Gasteiger partial charge in [-0.05, 0) is 279 Å². The van der Waals surface area contributed by atoms with Crippen LogP contribution in [0.15, 0.2) is 614 Å². The summed E-state index contributed by atoms with van der Waals surface area (Å²) in [5.74, 6) is 0. The average Bonchev–Trinajstić information content (AvgIpc) is 1.53. The molecule has 0 fully saturated rings. The van der Waals surface area contributed by atoms with E-state index in [0.717, 1.165) is 128 Å². The van der Waals surface area contributed by atoms with Gasteiger partial charge in [0.15, 0.2) is 0 Å². The molecule has 0 saturated carbocycles. The van der Waals surface area contributed by atoms with Crippen LogP contribution in [0.5, 0.6) is 0 Å². The maximum atomic E-state index is 6.38. The molecule has 0 N–H and O–H groups in total. The molecule has 0 bridgehead atoms. The summed E-state index contributed by atoms with van der Waals surface area (Å²) in [7, 11) is 0. The second-order valence-electron chi connectivity index (χ2n) is 37.8. The largest absolute Gasteiger partial charge is 0.456 e. The molecule has 0 spiro atoms. The Kier molecular flexibility index (Phi) is 25.2. The van der Waals surface area contributed by atoms with E-state index in [1.807, 2.05) is 36.4 Å². The summed E-state index contributed by atoms with van der Waals surface area (Å²) in [5, 5.41) is 6.74. The van der Waals surface area contributed by atoms with E-state index in [1.54, 1.807) is 0 Å². The molecule has 150 heavy (non-hydrogen) atoms. The number of benzene rings is 24. The normalized spacial score (nSPS) is 11.2. The van der Waals surface area contributed by atoms with Gasteiger partial charge in [0.25, 0.3) is 0 Å². The highest BCUT2D eigenvalue weighted by molar-refractivity contribution is 6.09. The minimum atomic E-state index is 0.869. The van der Waals surface area contributed by atoms with E-state index in [0.29, 0.717) is 0 Å². The molecule has 0 saturated heterocycles. The lowest BCUT2D eigenvalue weighted by atomic mass is 9.97. The molecule has 0 aliphatic rings. The molecule has 0 atom stereocenters. The van der Waals surface area contributed by atoms with Crippen molar-refractivity contribution in [3.63, 3.8) is 0 Å². The molecule has 6 heteroatoms. The van der Waals surface area contributed by atoms with E-state index in [9.17, 15) is 0 Å². The molecule has 0 radical (unpaired) electrons. The van der Waals surface area contributed by atoms with Gasteiger partial charge in [0.2, 0.25) is 0 Å². The molecule has 708 valence electrons. The van der Waals surface area contributed by atoms with Crippen LogP contribution in [0.1, 0.15) is 0 Å². The van der Waals surface area contributed by atoms with Gasteiger partial charge in [-0.25, -0.2) is 0 Å². The standard InChI is InChI=1S/3C48H33NO/c1-3-12-34(13-4-1)36-24-26-37(27-25-36)40-18-10-20-42(31-40)49(44-28-29-46-45-22-7-8-23-47(45)50-48(46)33-44)43-21-11-19-41(32-43)39-17-9-16-38(30-39)35-14-5-2-6-15-35;1-3-10-34(11-4-1)36-18-20-38(21-19-36)40-14-9-15-41(32-40)39-24-28-43(29-25-39)49(42-26-22-37(23-27-42)35-12-5-2-6-13-35)44-30-31-46-45-16-7-8-17-47(45)50-48(46)33-44;1-3-10-34(11-4-1)36-18-20-37(21-19-36)38-22-26-42(27-23-38)49(44-30-31-46-45-16-7-8-17-47(45)50-48(46)33-44)43-28-24-39(25-29-43)41-15-9-14-40(32-41)35-12-5-2-6-13-35/h3*1-33H. The van der Waals surface area contributed by atoms with Gasteiger partial charge in [-0.1, -0.05) is 437 Å². The van der Waals surface area contributed by atoms with Gasteiger partial charge in [-0.2, -0.15) is 0 Å². The Morgan fingerprint density at radius 1 is 0.0867 bits per heavy atom. The van der Waals surface area contributed by atoms with Crippen LogP contribution in [-0.2, 0) is 0 Å². The van der Waals surface area contributed by atoms with Crippen molar-refractivity contribution in [3.05, 3.63) is 601 Å². The lowest BCUT2D eigenvalue weighted by Crippen LogP contribution is -2.10. The molecular formula is C144H99N3O3.